The molecule has 2 fully saturated rings. The molecule has 2 amide bonds. The van der Waals surface area contributed by atoms with Crippen molar-refractivity contribution in [1.82, 2.24) is 10.6 Å². The topological polar surface area (TPSA) is 53.6 Å². The maximum atomic E-state index is 13.8. The first-order chi connectivity index (χ1) is 15.0. The normalized spacial score (nSPS) is 20.5. The van der Waals surface area contributed by atoms with Gasteiger partial charge in [0, 0.05) is 50.5 Å². The molecule has 0 spiro atoms. The molecule has 0 aromatic heterocycles. The summed E-state index contributed by atoms with van der Waals surface area (Å²) in [4.78, 5) is 14.7. The Labute approximate surface area is 181 Å². The molecule has 0 radical (unpaired) electrons. The van der Waals surface area contributed by atoms with Crippen molar-refractivity contribution >= 4 is 11.7 Å². The molecule has 7 heteroatoms. The van der Waals surface area contributed by atoms with Crippen LogP contribution in [0.4, 0.5) is 19.3 Å². The summed E-state index contributed by atoms with van der Waals surface area (Å²) in [5.74, 6) is -0.158. The van der Waals surface area contributed by atoms with Crippen LogP contribution in [0.1, 0.15) is 24.8 Å². The molecule has 2 N–H and O–H groups in total. The number of nitrogens with zero attached hydrogens (tertiary/aromatic N) is 1. The molecule has 0 bridgehead atoms. The van der Waals surface area contributed by atoms with Gasteiger partial charge in [0.25, 0.3) is 0 Å². The fourth-order valence-corrected chi connectivity index (χ4v) is 4.58. The van der Waals surface area contributed by atoms with Gasteiger partial charge in [-0.25, -0.2) is 13.6 Å². The van der Waals surface area contributed by atoms with Crippen molar-refractivity contribution in [2.24, 2.45) is 5.92 Å². The van der Waals surface area contributed by atoms with Gasteiger partial charge in [-0.2, -0.15) is 0 Å². The molecule has 2 aromatic carbocycles. The number of hydrogen-bond acceptors (Lipinski definition) is 3. The molecule has 1 unspecified atom stereocenters. The van der Waals surface area contributed by atoms with E-state index in [4.69, 9.17) is 4.74 Å². The van der Waals surface area contributed by atoms with Gasteiger partial charge in [-0.15, -0.1) is 0 Å². The molecule has 166 valence electrons. The first-order valence-corrected chi connectivity index (χ1v) is 10.9. The summed E-state index contributed by atoms with van der Waals surface area (Å²) in [6.07, 6.45) is 2.46. The minimum absolute atomic E-state index is 0.206. The van der Waals surface area contributed by atoms with Crippen molar-refractivity contribution in [3.8, 4) is 0 Å². The number of amides is 2. The molecule has 31 heavy (non-hydrogen) atoms. The van der Waals surface area contributed by atoms with Gasteiger partial charge in [0.05, 0.1) is 0 Å². The fraction of sp³-hybridized carbons (Fsp3) is 0.458. The monoisotopic (exact) mass is 429 g/mol. The smallest absolute Gasteiger partial charge is 0.314 e. The van der Waals surface area contributed by atoms with E-state index in [1.807, 2.05) is 6.07 Å². The number of benzene rings is 2. The second-order valence-corrected chi connectivity index (χ2v) is 8.54. The number of anilines is 1. The molecule has 0 saturated carbocycles. The van der Waals surface area contributed by atoms with Crippen LogP contribution < -0.4 is 15.5 Å². The Kier molecular flexibility index (Phi) is 6.70. The third kappa shape index (κ3) is 5.34. The second kappa shape index (κ2) is 9.64. The molecule has 2 aromatic rings. The highest BCUT2D eigenvalue weighted by Crippen LogP contribution is 2.34. The average Bonchev–Trinajstić information content (AvgIpc) is 3.26. The van der Waals surface area contributed by atoms with E-state index in [1.165, 1.54) is 18.2 Å². The predicted octanol–water partition coefficient (Wildman–Crippen LogP) is 3.84. The molecular formula is C24H29F2N3O2. The number of carbonyl (C=O) groups is 1. The third-order valence-electron chi connectivity index (χ3n) is 6.50. The lowest BCUT2D eigenvalue weighted by Crippen LogP contribution is -2.48. The fourth-order valence-electron chi connectivity index (χ4n) is 4.58. The zero-order chi connectivity index (χ0) is 21.7. The summed E-state index contributed by atoms with van der Waals surface area (Å²) in [7, 11) is 0. The Hall–Kier alpha value is -2.67. The van der Waals surface area contributed by atoms with Gasteiger partial charge in [0.2, 0.25) is 0 Å². The predicted molar refractivity (Wildman–Crippen MR) is 116 cm³/mol. The number of rotatable bonds is 6. The van der Waals surface area contributed by atoms with Gasteiger partial charge in [0.15, 0.2) is 0 Å². The number of hydrogen-bond donors (Lipinski definition) is 2. The van der Waals surface area contributed by atoms with Crippen LogP contribution >= 0.6 is 0 Å². The quantitative estimate of drug-likeness (QED) is 0.734. The Morgan fingerprint density at radius 3 is 2.58 bits per heavy atom. The lowest BCUT2D eigenvalue weighted by Gasteiger charge is -2.38. The van der Waals surface area contributed by atoms with Gasteiger partial charge >= 0.3 is 6.03 Å². The SMILES string of the molecule is O=C(NCC1CCN(c2ccc(F)cc2)C1)NCC1(c2cccc(F)c2)CCOCC1. The Balaban J connectivity index is 1.28. The van der Waals surface area contributed by atoms with Gasteiger partial charge < -0.3 is 20.3 Å². The molecule has 5 nitrogen and oxygen atoms in total. The first-order valence-electron chi connectivity index (χ1n) is 10.9. The highest BCUT2D eigenvalue weighted by Gasteiger charge is 2.35. The molecule has 0 aliphatic carbocycles. The average molecular weight is 430 g/mol. The zero-order valence-corrected chi connectivity index (χ0v) is 17.6. The van der Waals surface area contributed by atoms with E-state index in [2.05, 4.69) is 15.5 Å². The van der Waals surface area contributed by atoms with Crippen molar-refractivity contribution in [2.75, 3.05) is 44.3 Å². The second-order valence-electron chi connectivity index (χ2n) is 8.54. The number of urea groups is 1. The van der Waals surface area contributed by atoms with Crippen LogP contribution in [0.15, 0.2) is 48.5 Å². The summed E-state index contributed by atoms with van der Waals surface area (Å²) in [6.45, 7) is 3.94. The number of halogens is 2. The van der Waals surface area contributed by atoms with Crippen LogP contribution in [0.2, 0.25) is 0 Å². The van der Waals surface area contributed by atoms with E-state index in [-0.39, 0.29) is 23.1 Å². The van der Waals surface area contributed by atoms with E-state index in [0.717, 1.165) is 43.6 Å². The third-order valence-corrected chi connectivity index (χ3v) is 6.50. The summed E-state index contributed by atoms with van der Waals surface area (Å²) in [5.41, 5.74) is 1.59. The van der Waals surface area contributed by atoms with Crippen LogP contribution in [0, 0.1) is 17.6 Å². The molecule has 2 aliphatic rings. The van der Waals surface area contributed by atoms with E-state index in [1.54, 1.807) is 24.3 Å². The van der Waals surface area contributed by atoms with E-state index < -0.39 is 0 Å². The molecule has 2 saturated heterocycles. The van der Waals surface area contributed by atoms with E-state index in [9.17, 15) is 13.6 Å². The van der Waals surface area contributed by atoms with Crippen LogP contribution in [0.3, 0.4) is 0 Å². The molecule has 2 heterocycles. The highest BCUT2D eigenvalue weighted by molar-refractivity contribution is 5.74. The molecule has 2 aliphatic heterocycles. The highest BCUT2D eigenvalue weighted by atomic mass is 19.1. The number of ether oxygens (including phenoxy) is 1. The van der Waals surface area contributed by atoms with Crippen molar-refractivity contribution in [3.05, 3.63) is 65.7 Å². The van der Waals surface area contributed by atoms with Crippen molar-refractivity contribution in [3.63, 3.8) is 0 Å². The molecule has 1 atom stereocenters. The first kappa shape index (κ1) is 21.6. The maximum absolute atomic E-state index is 13.8. The summed E-state index contributed by atoms with van der Waals surface area (Å²) in [5, 5.41) is 5.98. The van der Waals surface area contributed by atoms with Crippen LogP contribution in [0.25, 0.3) is 0 Å². The number of nitrogens with one attached hydrogen (secondary N) is 2. The van der Waals surface area contributed by atoms with Crippen molar-refractivity contribution in [1.29, 1.82) is 0 Å². The van der Waals surface area contributed by atoms with Crippen LogP contribution in [-0.4, -0.2) is 45.4 Å². The lowest BCUT2D eigenvalue weighted by atomic mass is 9.74. The van der Waals surface area contributed by atoms with Gasteiger partial charge in [-0.05, 0) is 67.1 Å². The molecular weight excluding hydrogens is 400 g/mol. The Bertz CT molecular complexity index is 885. The van der Waals surface area contributed by atoms with Crippen LogP contribution in [0.5, 0.6) is 0 Å². The maximum Gasteiger partial charge on any atom is 0.314 e. The van der Waals surface area contributed by atoms with Crippen molar-refractivity contribution < 1.29 is 18.3 Å². The van der Waals surface area contributed by atoms with Gasteiger partial charge in [-0.3, -0.25) is 0 Å². The van der Waals surface area contributed by atoms with Crippen molar-refractivity contribution in [2.45, 2.75) is 24.7 Å². The Morgan fingerprint density at radius 2 is 1.84 bits per heavy atom. The Morgan fingerprint density at radius 1 is 1.06 bits per heavy atom. The van der Waals surface area contributed by atoms with Gasteiger partial charge in [0.1, 0.15) is 11.6 Å². The largest absolute Gasteiger partial charge is 0.381 e. The number of carbonyl (C=O) groups excluding carboxylic acids is 1. The van der Waals surface area contributed by atoms with Crippen LogP contribution in [-0.2, 0) is 10.2 Å². The standard InChI is InChI=1S/C24H29F2N3O2/c25-20-4-6-22(7-5-20)29-11-8-18(16-29)15-27-23(30)28-17-24(9-12-31-13-10-24)19-2-1-3-21(26)14-19/h1-7,14,18H,8-13,15-17H2,(H2,27,28,30). The minimum Gasteiger partial charge on any atom is -0.381 e. The lowest BCUT2D eigenvalue weighted by molar-refractivity contribution is 0.0506. The summed E-state index contributed by atoms with van der Waals surface area (Å²) >= 11 is 0. The summed E-state index contributed by atoms with van der Waals surface area (Å²) in [6, 6.07) is 13.0. The van der Waals surface area contributed by atoms with E-state index in [0.29, 0.717) is 32.2 Å². The molecule has 4 rings (SSSR count). The van der Waals surface area contributed by atoms with E-state index >= 15 is 0 Å². The minimum atomic E-state index is -0.315. The van der Waals surface area contributed by atoms with Gasteiger partial charge in [-0.1, -0.05) is 12.1 Å². The summed E-state index contributed by atoms with van der Waals surface area (Å²) < 4.78 is 32.4. The zero-order valence-electron chi connectivity index (χ0n) is 17.6.